The van der Waals surface area contributed by atoms with Crippen LogP contribution in [0.3, 0.4) is 0 Å². The van der Waals surface area contributed by atoms with Crippen LogP contribution in [-0.4, -0.2) is 16.3 Å². The van der Waals surface area contributed by atoms with Gasteiger partial charge in [-0.1, -0.05) is 30.7 Å². The lowest BCUT2D eigenvalue weighted by Gasteiger charge is -2.19. The van der Waals surface area contributed by atoms with Gasteiger partial charge in [0.15, 0.2) is 0 Å². The van der Waals surface area contributed by atoms with E-state index in [1.165, 1.54) is 6.07 Å². The molecule has 0 aliphatic carbocycles. The van der Waals surface area contributed by atoms with E-state index < -0.39 is 0 Å². The second-order valence-corrected chi connectivity index (χ2v) is 5.21. The summed E-state index contributed by atoms with van der Waals surface area (Å²) < 4.78 is 15.4. The van der Waals surface area contributed by atoms with Gasteiger partial charge in [0.25, 0.3) is 0 Å². The predicted molar refractivity (Wildman–Crippen MR) is 79.4 cm³/mol. The van der Waals surface area contributed by atoms with E-state index in [-0.39, 0.29) is 16.9 Å². The van der Waals surface area contributed by atoms with Gasteiger partial charge in [-0.3, -0.25) is 4.68 Å². The Hall–Kier alpha value is -1.39. The summed E-state index contributed by atoms with van der Waals surface area (Å²) in [5.41, 5.74) is 1.74. The highest BCUT2D eigenvalue weighted by Crippen LogP contribution is 2.27. The van der Waals surface area contributed by atoms with Gasteiger partial charge in [0.05, 0.1) is 10.7 Å². The molecule has 1 heterocycles. The van der Waals surface area contributed by atoms with Gasteiger partial charge in [-0.2, -0.15) is 5.10 Å². The number of hydrogen-bond donors (Lipinski definition) is 1. The summed E-state index contributed by atoms with van der Waals surface area (Å²) in [5, 5.41) is 7.98. The van der Waals surface area contributed by atoms with Crippen molar-refractivity contribution in [3.63, 3.8) is 0 Å². The Kier molecular flexibility index (Phi) is 5.15. The SMILES string of the molecule is CCCNC(Cc1ccn(C)n1)c1cccc(F)c1Cl. The third-order valence-electron chi connectivity index (χ3n) is 3.18. The van der Waals surface area contributed by atoms with Crippen LogP contribution in [0.1, 0.15) is 30.6 Å². The summed E-state index contributed by atoms with van der Waals surface area (Å²) >= 11 is 6.10. The first kappa shape index (κ1) is 15.0. The second kappa shape index (κ2) is 6.86. The fourth-order valence-electron chi connectivity index (χ4n) is 2.18. The summed E-state index contributed by atoms with van der Waals surface area (Å²) in [4.78, 5) is 0. The Labute approximate surface area is 123 Å². The lowest BCUT2D eigenvalue weighted by Crippen LogP contribution is -2.24. The molecule has 1 aromatic carbocycles. The number of aromatic nitrogens is 2. The van der Waals surface area contributed by atoms with Crippen LogP contribution < -0.4 is 5.32 Å². The number of rotatable bonds is 6. The maximum atomic E-state index is 13.6. The van der Waals surface area contributed by atoms with Crippen molar-refractivity contribution >= 4 is 11.6 Å². The average Bonchev–Trinajstić information content (AvgIpc) is 2.83. The van der Waals surface area contributed by atoms with E-state index in [4.69, 9.17) is 11.6 Å². The first-order chi connectivity index (χ1) is 9.61. The molecule has 0 fully saturated rings. The van der Waals surface area contributed by atoms with E-state index in [0.29, 0.717) is 6.42 Å². The maximum absolute atomic E-state index is 13.6. The van der Waals surface area contributed by atoms with Crippen molar-refractivity contribution in [3.8, 4) is 0 Å². The van der Waals surface area contributed by atoms with Crippen LogP contribution in [-0.2, 0) is 13.5 Å². The minimum Gasteiger partial charge on any atom is -0.310 e. The molecule has 1 atom stereocenters. The monoisotopic (exact) mass is 295 g/mol. The van der Waals surface area contributed by atoms with E-state index >= 15 is 0 Å². The van der Waals surface area contributed by atoms with E-state index in [1.807, 2.05) is 25.4 Å². The van der Waals surface area contributed by atoms with E-state index in [9.17, 15) is 4.39 Å². The maximum Gasteiger partial charge on any atom is 0.142 e. The predicted octanol–water partition coefficient (Wildman–Crippen LogP) is 3.50. The van der Waals surface area contributed by atoms with E-state index in [2.05, 4.69) is 17.3 Å². The largest absolute Gasteiger partial charge is 0.310 e. The van der Waals surface area contributed by atoms with Gasteiger partial charge in [-0.05, 0) is 30.7 Å². The van der Waals surface area contributed by atoms with Gasteiger partial charge in [-0.25, -0.2) is 4.39 Å². The number of nitrogens with zero attached hydrogens (tertiary/aromatic N) is 2. The zero-order valence-corrected chi connectivity index (χ0v) is 12.5. The first-order valence-corrected chi connectivity index (χ1v) is 7.15. The molecular formula is C15H19ClFN3. The lowest BCUT2D eigenvalue weighted by molar-refractivity contribution is 0.517. The topological polar surface area (TPSA) is 29.9 Å². The van der Waals surface area contributed by atoms with Crippen molar-refractivity contribution in [1.29, 1.82) is 0 Å². The highest BCUT2D eigenvalue weighted by Gasteiger charge is 2.17. The first-order valence-electron chi connectivity index (χ1n) is 6.77. The number of halogens is 2. The van der Waals surface area contributed by atoms with Gasteiger partial charge in [0.1, 0.15) is 5.82 Å². The summed E-state index contributed by atoms with van der Waals surface area (Å²) in [6, 6.07) is 6.86. The molecule has 2 rings (SSSR count). The van der Waals surface area contributed by atoms with E-state index in [0.717, 1.165) is 24.2 Å². The van der Waals surface area contributed by atoms with Crippen molar-refractivity contribution in [2.45, 2.75) is 25.8 Å². The highest BCUT2D eigenvalue weighted by atomic mass is 35.5. The quantitative estimate of drug-likeness (QED) is 0.884. The second-order valence-electron chi connectivity index (χ2n) is 4.83. The van der Waals surface area contributed by atoms with Crippen LogP contribution in [0, 0.1) is 5.82 Å². The minimum atomic E-state index is -0.381. The van der Waals surface area contributed by atoms with Gasteiger partial charge in [-0.15, -0.1) is 0 Å². The average molecular weight is 296 g/mol. The minimum absolute atomic E-state index is 0.0342. The summed E-state index contributed by atoms with van der Waals surface area (Å²) in [6.07, 6.45) is 3.59. The van der Waals surface area contributed by atoms with Gasteiger partial charge < -0.3 is 5.32 Å². The van der Waals surface area contributed by atoms with Crippen molar-refractivity contribution in [1.82, 2.24) is 15.1 Å². The summed E-state index contributed by atoms with van der Waals surface area (Å²) in [5.74, 6) is -0.381. The molecule has 0 amide bonds. The number of hydrogen-bond acceptors (Lipinski definition) is 2. The Morgan fingerprint density at radius 3 is 2.85 bits per heavy atom. The van der Waals surface area contributed by atoms with Crippen molar-refractivity contribution in [3.05, 3.63) is 52.6 Å². The van der Waals surface area contributed by atoms with Crippen LogP contribution in [0.25, 0.3) is 0 Å². The molecule has 0 saturated carbocycles. The normalized spacial score (nSPS) is 12.6. The third-order valence-corrected chi connectivity index (χ3v) is 3.58. The van der Waals surface area contributed by atoms with Gasteiger partial charge in [0, 0.05) is 25.7 Å². The van der Waals surface area contributed by atoms with Crippen molar-refractivity contribution in [2.24, 2.45) is 7.05 Å². The van der Waals surface area contributed by atoms with Gasteiger partial charge in [0.2, 0.25) is 0 Å². The van der Waals surface area contributed by atoms with E-state index in [1.54, 1.807) is 10.7 Å². The zero-order chi connectivity index (χ0) is 14.5. The Morgan fingerprint density at radius 1 is 1.40 bits per heavy atom. The molecule has 2 aromatic rings. The number of benzene rings is 1. The van der Waals surface area contributed by atoms with Crippen LogP contribution in [0.5, 0.6) is 0 Å². The highest BCUT2D eigenvalue weighted by molar-refractivity contribution is 6.31. The van der Waals surface area contributed by atoms with Crippen LogP contribution >= 0.6 is 11.6 Å². The fourth-order valence-corrected chi connectivity index (χ4v) is 2.44. The van der Waals surface area contributed by atoms with Crippen molar-refractivity contribution in [2.75, 3.05) is 6.54 Å². The van der Waals surface area contributed by atoms with Crippen LogP contribution in [0.4, 0.5) is 4.39 Å². The Bertz CT molecular complexity index is 568. The zero-order valence-electron chi connectivity index (χ0n) is 11.7. The molecule has 0 saturated heterocycles. The molecule has 1 N–H and O–H groups in total. The van der Waals surface area contributed by atoms with Gasteiger partial charge >= 0.3 is 0 Å². The molecule has 0 bridgehead atoms. The molecule has 1 aromatic heterocycles. The Balaban J connectivity index is 2.24. The number of nitrogens with one attached hydrogen (secondary N) is 1. The third kappa shape index (κ3) is 3.58. The fraction of sp³-hybridized carbons (Fsp3) is 0.400. The molecule has 1 unspecified atom stereocenters. The van der Waals surface area contributed by atoms with Crippen LogP contribution in [0.2, 0.25) is 5.02 Å². The van der Waals surface area contributed by atoms with Crippen molar-refractivity contribution < 1.29 is 4.39 Å². The molecule has 3 nitrogen and oxygen atoms in total. The molecular weight excluding hydrogens is 277 g/mol. The summed E-state index contributed by atoms with van der Waals surface area (Å²) in [6.45, 7) is 2.95. The molecule has 0 spiro atoms. The lowest BCUT2D eigenvalue weighted by atomic mass is 10.0. The standard InChI is InChI=1S/C15H19ClFN3/c1-3-8-18-14(10-11-7-9-20(2)19-11)12-5-4-6-13(17)15(12)16/h4-7,9,14,18H,3,8,10H2,1-2H3. The number of aryl methyl sites for hydroxylation is 1. The van der Waals surface area contributed by atoms with Crippen LogP contribution in [0.15, 0.2) is 30.5 Å². The molecule has 0 radical (unpaired) electrons. The smallest absolute Gasteiger partial charge is 0.142 e. The summed E-state index contributed by atoms with van der Waals surface area (Å²) in [7, 11) is 1.88. The Morgan fingerprint density at radius 2 is 2.20 bits per heavy atom. The molecule has 0 aliphatic rings. The molecule has 5 heteroatoms. The molecule has 0 aliphatic heterocycles. The molecule has 20 heavy (non-hydrogen) atoms. The molecule has 108 valence electrons.